The first-order valence-corrected chi connectivity index (χ1v) is 8.29. The summed E-state index contributed by atoms with van der Waals surface area (Å²) in [4.78, 5) is 26.0. The highest BCUT2D eigenvalue weighted by molar-refractivity contribution is 7.08. The van der Waals surface area contributed by atoms with Gasteiger partial charge in [0.15, 0.2) is 0 Å². The Hall–Kier alpha value is -2.35. The van der Waals surface area contributed by atoms with Crippen molar-refractivity contribution < 1.29 is 14.3 Å². The molecule has 0 saturated carbocycles. The molecule has 3 heterocycles. The highest BCUT2D eigenvalue weighted by atomic mass is 32.1. The largest absolute Gasteiger partial charge is 0.474 e. The van der Waals surface area contributed by atoms with E-state index in [-0.39, 0.29) is 18.2 Å². The molecular formula is C15H18N4O3S. The fourth-order valence-electron chi connectivity index (χ4n) is 2.61. The van der Waals surface area contributed by atoms with E-state index in [1.807, 2.05) is 12.3 Å². The van der Waals surface area contributed by atoms with E-state index in [9.17, 15) is 9.59 Å². The lowest BCUT2D eigenvalue weighted by Crippen LogP contribution is -2.40. The lowest BCUT2D eigenvalue weighted by atomic mass is 10.2. The van der Waals surface area contributed by atoms with Gasteiger partial charge in [0.05, 0.1) is 12.2 Å². The standard InChI is InChI=1S/C15H18N4O3S/c1-10-13-15(18(2)17-10)22-7-6-19(13)12(20)3-5-16-14(21)11-4-8-23-9-11/h4,8-9H,3,5-7H2,1-2H3,(H,16,21). The van der Waals surface area contributed by atoms with Crippen molar-refractivity contribution in [3.8, 4) is 5.88 Å². The van der Waals surface area contributed by atoms with Crippen LogP contribution in [0.2, 0.25) is 0 Å². The maximum absolute atomic E-state index is 12.5. The van der Waals surface area contributed by atoms with Crippen LogP contribution in [0.4, 0.5) is 5.69 Å². The second-order valence-electron chi connectivity index (χ2n) is 5.27. The summed E-state index contributed by atoms with van der Waals surface area (Å²) >= 11 is 1.47. The number of aromatic nitrogens is 2. The number of hydrogen-bond donors (Lipinski definition) is 1. The van der Waals surface area contributed by atoms with E-state index in [0.29, 0.717) is 31.1 Å². The van der Waals surface area contributed by atoms with Crippen LogP contribution in [0.1, 0.15) is 22.5 Å². The molecule has 0 fully saturated rings. The molecule has 1 aliphatic rings. The number of hydrogen-bond acceptors (Lipinski definition) is 5. The molecule has 23 heavy (non-hydrogen) atoms. The van der Waals surface area contributed by atoms with E-state index in [1.54, 1.807) is 28.1 Å². The first-order valence-electron chi connectivity index (χ1n) is 7.35. The van der Waals surface area contributed by atoms with Crippen molar-refractivity contribution in [3.05, 3.63) is 28.1 Å². The Kier molecular flexibility index (Phi) is 4.33. The SMILES string of the molecule is Cc1nn(C)c2c1N(C(=O)CCNC(=O)c1ccsc1)CCO2. The van der Waals surface area contributed by atoms with Crippen LogP contribution in [0, 0.1) is 6.92 Å². The first-order chi connectivity index (χ1) is 11.1. The molecule has 2 aromatic rings. The number of anilines is 1. The van der Waals surface area contributed by atoms with E-state index in [4.69, 9.17) is 4.74 Å². The van der Waals surface area contributed by atoms with Crippen LogP contribution in [0.25, 0.3) is 0 Å². The molecule has 0 spiro atoms. The second kappa shape index (κ2) is 6.41. The van der Waals surface area contributed by atoms with Gasteiger partial charge in [-0.15, -0.1) is 0 Å². The monoisotopic (exact) mass is 334 g/mol. The lowest BCUT2D eigenvalue weighted by Gasteiger charge is -2.27. The van der Waals surface area contributed by atoms with Crippen molar-refractivity contribution >= 4 is 28.8 Å². The molecule has 0 radical (unpaired) electrons. The predicted octanol–water partition coefficient (Wildman–Crippen LogP) is 1.34. The molecule has 122 valence electrons. The zero-order chi connectivity index (χ0) is 16.4. The van der Waals surface area contributed by atoms with E-state index in [1.165, 1.54) is 11.3 Å². The summed E-state index contributed by atoms with van der Waals surface area (Å²) in [6, 6.07) is 1.76. The molecule has 0 bridgehead atoms. The smallest absolute Gasteiger partial charge is 0.252 e. The van der Waals surface area contributed by atoms with Gasteiger partial charge in [-0.2, -0.15) is 16.4 Å². The van der Waals surface area contributed by atoms with Gasteiger partial charge in [0, 0.05) is 31.0 Å². The summed E-state index contributed by atoms with van der Waals surface area (Å²) in [5.74, 6) is 0.417. The molecule has 0 aromatic carbocycles. The van der Waals surface area contributed by atoms with E-state index in [2.05, 4.69) is 10.4 Å². The second-order valence-corrected chi connectivity index (χ2v) is 6.05. The van der Waals surface area contributed by atoms with Gasteiger partial charge in [0.2, 0.25) is 11.8 Å². The van der Waals surface area contributed by atoms with Crippen LogP contribution in [0.3, 0.4) is 0 Å². The van der Waals surface area contributed by atoms with Gasteiger partial charge in [0.1, 0.15) is 12.3 Å². The Balaban J connectivity index is 1.61. The maximum Gasteiger partial charge on any atom is 0.252 e. The molecule has 2 amide bonds. The van der Waals surface area contributed by atoms with Crippen molar-refractivity contribution in [3.63, 3.8) is 0 Å². The minimum atomic E-state index is -0.153. The summed E-state index contributed by atoms with van der Waals surface area (Å²) in [5.41, 5.74) is 2.12. The zero-order valence-electron chi connectivity index (χ0n) is 13.0. The number of thiophene rings is 1. The minimum absolute atomic E-state index is 0.0451. The Labute approximate surface area is 137 Å². The fourth-order valence-corrected chi connectivity index (χ4v) is 3.24. The number of carbonyl (C=O) groups excluding carboxylic acids is 2. The zero-order valence-corrected chi connectivity index (χ0v) is 13.9. The summed E-state index contributed by atoms with van der Waals surface area (Å²) in [6.45, 7) is 3.10. The van der Waals surface area contributed by atoms with Gasteiger partial charge in [0.25, 0.3) is 5.91 Å². The van der Waals surface area contributed by atoms with Crippen molar-refractivity contribution in [2.75, 3.05) is 24.6 Å². The molecule has 0 saturated heterocycles. The van der Waals surface area contributed by atoms with Crippen LogP contribution in [0.5, 0.6) is 5.88 Å². The van der Waals surface area contributed by atoms with Crippen LogP contribution >= 0.6 is 11.3 Å². The molecule has 8 heteroatoms. The van der Waals surface area contributed by atoms with Crippen molar-refractivity contribution in [2.45, 2.75) is 13.3 Å². The van der Waals surface area contributed by atoms with E-state index in [0.717, 1.165) is 11.4 Å². The van der Waals surface area contributed by atoms with Crippen LogP contribution in [-0.4, -0.2) is 41.3 Å². The number of carbonyl (C=O) groups is 2. The third kappa shape index (κ3) is 3.07. The normalized spacial score (nSPS) is 13.4. The van der Waals surface area contributed by atoms with E-state index >= 15 is 0 Å². The van der Waals surface area contributed by atoms with Gasteiger partial charge in [-0.3, -0.25) is 9.59 Å². The third-order valence-electron chi connectivity index (χ3n) is 3.67. The fraction of sp³-hybridized carbons (Fsp3) is 0.400. The maximum atomic E-state index is 12.5. The Bertz CT molecular complexity index is 723. The molecule has 0 unspecified atom stereocenters. The average Bonchev–Trinajstić information content (AvgIpc) is 3.16. The summed E-state index contributed by atoms with van der Waals surface area (Å²) < 4.78 is 7.23. The number of ether oxygens (including phenoxy) is 1. The molecular weight excluding hydrogens is 316 g/mol. The number of amides is 2. The molecule has 7 nitrogen and oxygen atoms in total. The Morgan fingerprint density at radius 1 is 1.48 bits per heavy atom. The van der Waals surface area contributed by atoms with Crippen molar-refractivity contribution in [1.82, 2.24) is 15.1 Å². The number of nitrogens with one attached hydrogen (secondary N) is 1. The molecule has 0 aliphatic carbocycles. The first kappa shape index (κ1) is 15.5. The summed E-state index contributed by atoms with van der Waals surface area (Å²) in [5, 5.41) is 10.7. The highest BCUT2D eigenvalue weighted by Gasteiger charge is 2.29. The molecule has 2 aromatic heterocycles. The van der Waals surface area contributed by atoms with Crippen LogP contribution in [0.15, 0.2) is 16.8 Å². The predicted molar refractivity (Wildman–Crippen MR) is 87.1 cm³/mol. The molecule has 1 aliphatic heterocycles. The van der Waals surface area contributed by atoms with E-state index < -0.39 is 0 Å². The van der Waals surface area contributed by atoms with Crippen LogP contribution < -0.4 is 15.0 Å². The van der Waals surface area contributed by atoms with Crippen molar-refractivity contribution in [2.24, 2.45) is 7.05 Å². The Morgan fingerprint density at radius 3 is 3.04 bits per heavy atom. The molecule has 3 rings (SSSR count). The number of fused-ring (bicyclic) bond motifs is 1. The Morgan fingerprint density at radius 2 is 2.30 bits per heavy atom. The summed E-state index contributed by atoms with van der Waals surface area (Å²) in [6.07, 6.45) is 0.240. The number of nitrogens with zero attached hydrogens (tertiary/aromatic N) is 3. The third-order valence-corrected chi connectivity index (χ3v) is 4.35. The van der Waals surface area contributed by atoms with Crippen molar-refractivity contribution in [1.29, 1.82) is 0 Å². The van der Waals surface area contributed by atoms with Gasteiger partial charge < -0.3 is 15.0 Å². The molecule has 1 N–H and O–H groups in total. The van der Waals surface area contributed by atoms with Crippen LogP contribution in [-0.2, 0) is 11.8 Å². The number of rotatable bonds is 4. The number of aryl methyl sites for hydroxylation is 2. The minimum Gasteiger partial charge on any atom is -0.474 e. The average molecular weight is 334 g/mol. The molecule has 0 atom stereocenters. The topological polar surface area (TPSA) is 76.5 Å². The highest BCUT2D eigenvalue weighted by Crippen LogP contribution is 2.34. The summed E-state index contributed by atoms with van der Waals surface area (Å²) in [7, 11) is 1.79. The van der Waals surface area contributed by atoms with Gasteiger partial charge in [-0.1, -0.05) is 0 Å². The van der Waals surface area contributed by atoms with Gasteiger partial charge in [-0.25, -0.2) is 4.68 Å². The lowest BCUT2D eigenvalue weighted by molar-refractivity contribution is -0.118. The van der Waals surface area contributed by atoms with Gasteiger partial charge in [-0.05, 0) is 18.4 Å². The quantitative estimate of drug-likeness (QED) is 0.915. The van der Waals surface area contributed by atoms with Gasteiger partial charge >= 0.3 is 0 Å².